The molecule has 0 spiro atoms. The van der Waals surface area contributed by atoms with E-state index in [-0.39, 0.29) is 18.0 Å². The molecule has 30 heavy (non-hydrogen) atoms. The minimum Gasteiger partial charge on any atom is -0.357 e. The zero-order valence-corrected chi connectivity index (χ0v) is 17.5. The maximum Gasteiger partial charge on any atom is 0.435 e. The first-order chi connectivity index (χ1) is 14.1. The molecule has 0 bridgehead atoms. The third kappa shape index (κ3) is 6.50. The van der Waals surface area contributed by atoms with Gasteiger partial charge in [-0.2, -0.15) is 18.3 Å². The Morgan fingerprint density at radius 3 is 2.63 bits per heavy atom. The van der Waals surface area contributed by atoms with Gasteiger partial charge in [-0.05, 0) is 31.0 Å². The summed E-state index contributed by atoms with van der Waals surface area (Å²) >= 11 is 0. The second-order valence-electron chi connectivity index (χ2n) is 6.95. The van der Waals surface area contributed by atoms with E-state index in [4.69, 9.17) is 0 Å². The molecule has 0 saturated heterocycles. The molecule has 0 aliphatic carbocycles. The second kappa shape index (κ2) is 10.1. The topological polar surface area (TPSA) is 74.5 Å². The number of guanidine groups is 1. The van der Waals surface area contributed by atoms with Crippen LogP contribution in [-0.4, -0.2) is 53.7 Å². The van der Waals surface area contributed by atoms with Gasteiger partial charge in [0.05, 0.1) is 6.54 Å². The molecule has 0 saturated carbocycles. The van der Waals surface area contributed by atoms with E-state index in [1.54, 1.807) is 20.2 Å². The van der Waals surface area contributed by atoms with Gasteiger partial charge in [0.25, 0.3) is 5.91 Å². The number of benzene rings is 1. The summed E-state index contributed by atoms with van der Waals surface area (Å²) in [5, 5.41) is 9.62. The lowest BCUT2D eigenvalue weighted by molar-refractivity contribution is -0.142. The molecule has 1 amide bonds. The maximum absolute atomic E-state index is 13.1. The average molecular weight is 424 g/mol. The van der Waals surface area contributed by atoms with E-state index in [9.17, 15) is 18.0 Å². The van der Waals surface area contributed by atoms with Crippen molar-refractivity contribution in [3.8, 4) is 0 Å². The molecule has 2 N–H and O–H groups in total. The Balaban J connectivity index is 2.02. The first-order valence-electron chi connectivity index (χ1n) is 9.54. The Kier molecular flexibility index (Phi) is 7.85. The smallest absolute Gasteiger partial charge is 0.357 e. The highest BCUT2D eigenvalue weighted by atomic mass is 19.4. The number of nitrogens with one attached hydrogen (secondary N) is 2. The van der Waals surface area contributed by atoms with Gasteiger partial charge < -0.3 is 15.5 Å². The molecule has 1 heterocycles. The van der Waals surface area contributed by atoms with Crippen LogP contribution in [0.3, 0.4) is 0 Å². The Morgan fingerprint density at radius 2 is 2.00 bits per heavy atom. The summed E-state index contributed by atoms with van der Waals surface area (Å²) in [5.74, 6) is 0.339. The monoisotopic (exact) mass is 424 g/mol. The fourth-order valence-electron chi connectivity index (χ4n) is 2.84. The molecule has 2 aromatic rings. The van der Waals surface area contributed by atoms with E-state index in [2.05, 4.69) is 20.7 Å². The van der Waals surface area contributed by atoms with Gasteiger partial charge in [-0.3, -0.25) is 9.48 Å². The number of amides is 1. The molecule has 0 atom stereocenters. The maximum atomic E-state index is 13.1. The molecule has 0 fully saturated rings. The number of rotatable bonds is 7. The van der Waals surface area contributed by atoms with Gasteiger partial charge in [0.1, 0.15) is 0 Å². The predicted molar refractivity (Wildman–Crippen MR) is 109 cm³/mol. The number of aliphatic imine (C=N–C) groups is 1. The molecule has 10 heteroatoms. The lowest BCUT2D eigenvalue weighted by atomic mass is 10.1. The Bertz CT molecular complexity index is 889. The van der Waals surface area contributed by atoms with Gasteiger partial charge in [-0.1, -0.05) is 12.1 Å². The van der Waals surface area contributed by atoms with E-state index >= 15 is 0 Å². The Morgan fingerprint density at radius 1 is 1.27 bits per heavy atom. The van der Waals surface area contributed by atoms with Crippen LogP contribution in [0, 0.1) is 0 Å². The largest absolute Gasteiger partial charge is 0.435 e. The van der Waals surface area contributed by atoms with Crippen LogP contribution < -0.4 is 10.6 Å². The van der Waals surface area contributed by atoms with Crippen LogP contribution in [-0.2, 0) is 26.2 Å². The third-order valence-electron chi connectivity index (χ3n) is 4.21. The summed E-state index contributed by atoms with van der Waals surface area (Å²) in [7, 11) is 4.84. The number of alkyl halides is 3. The zero-order chi connectivity index (χ0) is 22.3. The van der Waals surface area contributed by atoms with Crippen LogP contribution >= 0.6 is 0 Å². The molecular weight excluding hydrogens is 397 g/mol. The molecule has 7 nitrogen and oxygen atoms in total. The molecule has 1 aromatic carbocycles. The zero-order valence-electron chi connectivity index (χ0n) is 17.5. The van der Waals surface area contributed by atoms with Crippen molar-refractivity contribution >= 4 is 11.9 Å². The van der Waals surface area contributed by atoms with E-state index in [0.29, 0.717) is 31.0 Å². The molecule has 164 valence electrons. The van der Waals surface area contributed by atoms with Crippen molar-refractivity contribution in [2.24, 2.45) is 12.0 Å². The van der Waals surface area contributed by atoms with Gasteiger partial charge in [0.15, 0.2) is 11.7 Å². The van der Waals surface area contributed by atoms with Gasteiger partial charge >= 0.3 is 6.18 Å². The van der Waals surface area contributed by atoms with Crippen molar-refractivity contribution < 1.29 is 18.0 Å². The highest BCUT2D eigenvalue weighted by Crippen LogP contribution is 2.30. The predicted octanol–water partition coefficient (Wildman–Crippen LogP) is 2.44. The van der Waals surface area contributed by atoms with Gasteiger partial charge in [0.2, 0.25) is 0 Å². The first-order valence-corrected chi connectivity index (χ1v) is 9.54. The fraction of sp³-hybridized carbons (Fsp3) is 0.450. The number of hydrogen-bond acceptors (Lipinski definition) is 3. The summed E-state index contributed by atoms with van der Waals surface area (Å²) in [6.07, 6.45) is -2.57. The highest BCUT2D eigenvalue weighted by molar-refractivity contribution is 5.94. The normalized spacial score (nSPS) is 12.0. The number of carbonyl (C=O) groups is 1. The Labute approximate surface area is 174 Å². The summed E-state index contributed by atoms with van der Waals surface area (Å²) in [6.45, 7) is 2.80. The second-order valence-corrected chi connectivity index (χ2v) is 6.95. The minimum absolute atomic E-state index is 0.0112. The van der Waals surface area contributed by atoms with Crippen molar-refractivity contribution in [1.82, 2.24) is 25.3 Å². The number of aromatic nitrogens is 2. The van der Waals surface area contributed by atoms with E-state index in [1.807, 2.05) is 25.1 Å². The van der Waals surface area contributed by atoms with Crippen LogP contribution in [0.1, 0.15) is 34.1 Å². The van der Waals surface area contributed by atoms with Crippen molar-refractivity contribution in [2.75, 3.05) is 27.2 Å². The molecule has 0 unspecified atom stereocenters. The molecule has 0 aliphatic heterocycles. The number of aryl methyl sites for hydroxylation is 1. The summed E-state index contributed by atoms with van der Waals surface area (Å²) < 4.78 is 40.4. The number of carbonyl (C=O) groups excluding carboxylic acids is 1. The van der Waals surface area contributed by atoms with Crippen LogP contribution in [0.4, 0.5) is 13.2 Å². The molecule has 0 aliphatic rings. The third-order valence-corrected chi connectivity index (χ3v) is 4.21. The van der Waals surface area contributed by atoms with Crippen LogP contribution in [0.2, 0.25) is 0 Å². The quantitative estimate of drug-likeness (QED) is 0.529. The van der Waals surface area contributed by atoms with Crippen molar-refractivity contribution in [3.05, 3.63) is 52.8 Å². The summed E-state index contributed by atoms with van der Waals surface area (Å²) in [5.41, 5.74) is 0.663. The number of halogens is 3. The standard InChI is InChI=1S/C20H27F3N6O/c1-5-24-19(26-12-16-13-29(4)27-17(16)20(21,22)23)25-10-9-14-7-6-8-15(11-14)18(30)28(2)3/h6-8,11,13H,5,9-10,12H2,1-4H3,(H2,24,25,26). The van der Waals surface area contributed by atoms with Crippen LogP contribution in [0.5, 0.6) is 0 Å². The minimum atomic E-state index is -4.52. The Hall–Kier alpha value is -3.04. The van der Waals surface area contributed by atoms with Crippen molar-refractivity contribution in [2.45, 2.75) is 26.1 Å². The van der Waals surface area contributed by atoms with Crippen molar-refractivity contribution in [3.63, 3.8) is 0 Å². The van der Waals surface area contributed by atoms with Gasteiger partial charge in [-0.15, -0.1) is 0 Å². The fourth-order valence-corrected chi connectivity index (χ4v) is 2.84. The molecule has 1 aromatic heterocycles. The lowest BCUT2D eigenvalue weighted by Gasteiger charge is -2.13. The van der Waals surface area contributed by atoms with Crippen LogP contribution in [0.25, 0.3) is 0 Å². The lowest BCUT2D eigenvalue weighted by Crippen LogP contribution is -2.38. The van der Waals surface area contributed by atoms with Crippen molar-refractivity contribution in [1.29, 1.82) is 0 Å². The number of nitrogens with zero attached hydrogens (tertiary/aromatic N) is 4. The SMILES string of the molecule is CCNC(=NCc1cn(C)nc1C(F)(F)F)NCCc1cccc(C(=O)N(C)C)c1. The van der Waals surface area contributed by atoms with E-state index < -0.39 is 11.9 Å². The highest BCUT2D eigenvalue weighted by Gasteiger charge is 2.36. The molecule has 2 rings (SSSR count). The van der Waals surface area contributed by atoms with Gasteiger partial charge in [-0.25, -0.2) is 4.99 Å². The van der Waals surface area contributed by atoms with Crippen LogP contribution in [0.15, 0.2) is 35.5 Å². The van der Waals surface area contributed by atoms with Gasteiger partial charge in [0, 0.05) is 51.6 Å². The van der Waals surface area contributed by atoms with E-state index in [1.165, 1.54) is 18.1 Å². The molecular formula is C20H27F3N6O. The summed E-state index contributed by atoms with van der Waals surface area (Å²) in [4.78, 5) is 17.8. The van der Waals surface area contributed by atoms with E-state index in [0.717, 1.165) is 10.2 Å². The molecule has 0 radical (unpaired) electrons. The first kappa shape index (κ1) is 23.2. The summed E-state index contributed by atoms with van der Waals surface area (Å²) in [6, 6.07) is 7.34. The number of hydrogen-bond donors (Lipinski definition) is 2. The average Bonchev–Trinajstić information content (AvgIpc) is 3.07.